The Bertz CT molecular complexity index is 654. The van der Waals surface area contributed by atoms with E-state index in [1.165, 1.54) is 17.4 Å². The van der Waals surface area contributed by atoms with E-state index in [0.717, 1.165) is 10.4 Å². The SMILES string of the molecule is CCOc1ccc(NCc2cc(C(=O)O)sc2C)cc1F. The summed E-state index contributed by atoms with van der Waals surface area (Å²) in [6.45, 7) is 4.52. The number of anilines is 1. The Morgan fingerprint density at radius 1 is 1.43 bits per heavy atom. The van der Waals surface area contributed by atoms with E-state index in [1.54, 1.807) is 25.1 Å². The van der Waals surface area contributed by atoms with E-state index in [-0.39, 0.29) is 5.75 Å². The molecule has 0 radical (unpaired) electrons. The molecule has 1 aromatic carbocycles. The van der Waals surface area contributed by atoms with Crippen LogP contribution in [0, 0.1) is 12.7 Å². The number of halogens is 1. The molecule has 0 fully saturated rings. The van der Waals surface area contributed by atoms with Crippen molar-refractivity contribution in [1.29, 1.82) is 0 Å². The first-order valence-electron chi connectivity index (χ1n) is 6.50. The topological polar surface area (TPSA) is 58.6 Å². The number of aryl methyl sites for hydroxylation is 1. The molecular weight excluding hydrogens is 293 g/mol. The predicted octanol–water partition coefficient (Wildman–Crippen LogP) is 3.90. The second-order valence-corrected chi connectivity index (χ2v) is 5.69. The first kappa shape index (κ1) is 15.3. The van der Waals surface area contributed by atoms with Gasteiger partial charge >= 0.3 is 5.97 Å². The van der Waals surface area contributed by atoms with Gasteiger partial charge in [-0.3, -0.25) is 0 Å². The van der Waals surface area contributed by atoms with Gasteiger partial charge in [0.2, 0.25) is 0 Å². The summed E-state index contributed by atoms with van der Waals surface area (Å²) in [5, 5.41) is 12.0. The lowest BCUT2D eigenvalue weighted by molar-refractivity contribution is 0.0702. The van der Waals surface area contributed by atoms with Crippen LogP contribution in [0.2, 0.25) is 0 Å². The van der Waals surface area contributed by atoms with Gasteiger partial charge in [-0.05, 0) is 37.6 Å². The number of hydrogen-bond donors (Lipinski definition) is 2. The van der Waals surface area contributed by atoms with Crippen molar-refractivity contribution in [2.24, 2.45) is 0 Å². The minimum atomic E-state index is -0.929. The molecule has 0 bridgehead atoms. The van der Waals surface area contributed by atoms with Gasteiger partial charge in [-0.25, -0.2) is 9.18 Å². The Kier molecular flexibility index (Phi) is 4.80. The fourth-order valence-corrected chi connectivity index (χ4v) is 2.76. The maximum Gasteiger partial charge on any atom is 0.345 e. The molecule has 2 N–H and O–H groups in total. The van der Waals surface area contributed by atoms with Crippen LogP contribution in [-0.2, 0) is 6.54 Å². The third kappa shape index (κ3) is 3.72. The third-order valence-corrected chi connectivity index (χ3v) is 4.03. The highest BCUT2D eigenvalue weighted by Gasteiger charge is 2.11. The molecule has 0 unspecified atom stereocenters. The number of nitrogens with one attached hydrogen (secondary N) is 1. The predicted molar refractivity (Wildman–Crippen MR) is 80.9 cm³/mol. The molecule has 0 aliphatic carbocycles. The van der Waals surface area contributed by atoms with Gasteiger partial charge in [0.1, 0.15) is 4.88 Å². The second-order valence-electron chi connectivity index (χ2n) is 4.43. The number of carboxylic acid groups (broad SMARTS) is 1. The quantitative estimate of drug-likeness (QED) is 0.849. The van der Waals surface area contributed by atoms with Crippen molar-refractivity contribution < 1.29 is 19.0 Å². The fraction of sp³-hybridized carbons (Fsp3) is 0.267. The van der Waals surface area contributed by atoms with Crippen LogP contribution in [0.1, 0.15) is 27.0 Å². The number of benzene rings is 1. The zero-order valence-corrected chi connectivity index (χ0v) is 12.6. The first-order valence-corrected chi connectivity index (χ1v) is 7.31. The van der Waals surface area contributed by atoms with E-state index in [2.05, 4.69) is 5.32 Å². The average Bonchev–Trinajstić information content (AvgIpc) is 2.81. The van der Waals surface area contributed by atoms with Crippen molar-refractivity contribution in [2.45, 2.75) is 20.4 Å². The van der Waals surface area contributed by atoms with Crippen LogP contribution >= 0.6 is 11.3 Å². The van der Waals surface area contributed by atoms with Gasteiger partial charge in [-0.1, -0.05) is 0 Å². The highest BCUT2D eigenvalue weighted by molar-refractivity contribution is 7.14. The number of carboxylic acids is 1. The second kappa shape index (κ2) is 6.58. The van der Waals surface area contributed by atoms with E-state index in [0.29, 0.717) is 23.7 Å². The lowest BCUT2D eigenvalue weighted by atomic mass is 10.2. The van der Waals surface area contributed by atoms with Crippen LogP contribution in [0.15, 0.2) is 24.3 Å². The Morgan fingerprint density at radius 3 is 2.76 bits per heavy atom. The molecule has 6 heteroatoms. The van der Waals surface area contributed by atoms with Crippen LogP contribution in [0.25, 0.3) is 0 Å². The molecule has 1 heterocycles. The van der Waals surface area contributed by atoms with E-state index < -0.39 is 11.8 Å². The number of aromatic carboxylic acids is 1. The van der Waals surface area contributed by atoms with Gasteiger partial charge in [-0.15, -0.1) is 11.3 Å². The summed E-state index contributed by atoms with van der Waals surface area (Å²) in [6.07, 6.45) is 0. The smallest absolute Gasteiger partial charge is 0.345 e. The monoisotopic (exact) mass is 309 g/mol. The van der Waals surface area contributed by atoms with Crippen molar-refractivity contribution in [2.75, 3.05) is 11.9 Å². The highest BCUT2D eigenvalue weighted by atomic mass is 32.1. The summed E-state index contributed by atoms with van der Waals surface area (Å²) < 4.78 is 18.8. The van der Waals surface area contributed by atoms with E-state index >= 15 is 0 Å². The van der Waals surface area contributed by atoms with Crippen LogP contribution in [0.3, 0.4) is 0 Å². The largest absolute Gasteiger partial charge is 0.491 e. The average molecular weight is 309 g/mol. The van der Waals surface area contributed by atoms with E-state index in [1.807, 2.05) is 6.92 Å². The number of carbonyl (C=O) groups is 1. The van der Waals surface area contributed by atoms with Crippen molar-refractivity contribution in [3.8, 4) is 5.75 Å². The molecule has 1 aromatic heterocycles. The Morgan fingerprint density at radius 2 is 2.19 bits per heavy atom. The molecule has 2 aromatic rings. The van der Waals surface area contributed by atoms with Gasteiger partial charge in [0.15, 0.2) is 11.6 Å². The number of ether oxygens (including phenoxy) is 1. The Labute approximate surface area is 126 Å². The summed E-state index contributed by atoms with van der Waals surface area (Å²) in [5.41, 5.74) is 1.52. The molecule has 0 spiro atoms. The van der Waals surface area contributed by atoms with Crippen LogP contribution in [0.5, 0.6) is 5.75 Å². The minimum Gasteiger partial charge on any atom is -0.491 e. The summed E-state index contributed by atoms with van der Waals surface area (Å²) in [6, 6.07) is 6.31. The minimum absolute atomic E-state index is 0.225. The van der Waals surface area contributed by atoms with Crippen molar-refractivity contribution in [3.63, 3.8) is 0 Å². The number of hydrogen-bond acceptors (Lipinski definition) is 4. The lowest BCUT2D eigenvalue weighted by Crippen LogP contribution is -2.01. The number of rotatable bonds is 6. The van der Waals surface area contributed by atoms with Crippen LogP contribution < -0.4 is 10.1 Å². The van der Waals surface area contributed by atoms with Crippen molar-refractivity contribution in [1.82, 2.24) is 0 Å². The molecule has 0 aliphatic rings. The summed E-state index contributed by atoms with van der Waals surface area (Å²) in [7, 11) is 0. The van der Waals surface area contributed by atoms with Crippen molar-refractivity contribution in [3.05, 3.63) is 45.4 Å². The normalized spacial score (nSPS) is 10.4. The van der Waals surface area contributed by atoms with E-state index in [4.69, 9.17) is 9.84 Å². The lowest BCUT2D eigenvalue weighted by Gasteiger charge is -2.09. The van der Waals surface area contributed by atoms with Gasteiger partial charge < -0.3 is 15.2 Å². The molecular formula is C15H16FNO3S. The third-order valence-electron chi connectivity index (χ3n) is 2.95. The standard InChI is InChI=1S/C15H16FNO3S/c1-3-20-13-5-4-11(7-12(13)16)17-8-10-6-14(15(18)19)21-9(10)2/h4-7,17H,3,8H2,1-2H3,(H,18,19). The van der Waals surface area contributed by atoms with Crippen molar-refractivity contribution >= 4 is 23.0 Å². The van der Waals surface area contributed by atoms with Crippen LogP contribution in [-0.4, -0.2) is 17.7 Å². The molecule has 4 nitrogen and oxygen atoms in total. The molecule has 112 valence electrons. The molecule has 0 amide bonds. The zero-order valence-electron chi connectivity index (χ0n) is 11.8. The van der Waals surface area contributed by atoms with Gasteiger partial charge in [-0.2, -0.15) is 0 Å². The van der Waals surface area contributed by atoms with E-state index in [9.17, 15) is 9.18 Å². The molecule has 2 rings (SSSR count). The first-order chi connectivity index (χ1) is 10.0. The van der Waals surface area contributed by atoms with Gasteiger partial charge in [0.25, 0.3) is 0 Å². The molecule has 0 atom stereocenters. The maximum atomic E-state index is 13.7. The fourth-order valence-electron chi connectivity index (χ4n) is 1.88. The summed E-state index contributed by atoms with van der Waals surface area (Å²) in [5.74, 6) is -1.13. The maximum absolute atomic E-state index is 13.7. The zero-order chi connectivity index (χ0) is 15.4. The Balaban J connectivity index is 2.06. The molecule has 0 aliphatic heterocycles. The molecule has 0 saturated heterocycles. The Hall–Kier alpha value is -2.08. The number of thiophene rings is 1. The highest BCUT2D eigenvalue weighted by Crippen LogP contribution is 2.24. The van der Waals surface area contributed by atoms with Gasteiger partial charge in [0.05, 0.1) is 6.61 Å². The van der Waals surface area contributed by atoms with Gasteiger partial charge in [0, 0.05) is 23.2 Å². The molecule has 21 heavy (non-hydrogen) atoms. The van der Waals surface area contributed by atoms with Crippen LogP contribution in [0.4, 0.5) is 10.1 Å². The summed E-state index contributed by atoms with van der Waals surface area (Å²) in [4.78, 5) is 12.2. The molecule has 0 saturated carbocycles. The summed E-state index contributed by atoms with van der Waals surface area (Å²) >= 11 is 1.24.